The summed E-state index contributed by atoms with van der Waals surface area (Å²) in [7, 11) is 1.59. The molecule has 11 nitrogen and oxygen atoms in total. The van der Waals surface area contributed by atoms with E-state index in [2.05, 4.69) is 36.7 Å². The van der Waals surface area contributed by atoms with Gasteiger partial charge >= 0.3 is 6.03 Å². The molecule has 43 heavy (non-hydrogen) atoms. The Balaban J connectivity index is 1.59. The lowest BCUT2D eigenvalue weighted by atomic mass is 9.70. The number of Topliss-reactive ketones (excluding diaryl/α,β-unsaturated/α-hetero) is 1. The zero-order chi connectivity index (χ0) is 31.9. The quantitative estimate of drug-likeness (QED) is 0.251. The van der Waals surface area contributed by atoms with Crippen LogP contribution in [-0.2, 0) is 23.9 Å². The van der Waals surface area contributed by atoms with Crippen molar-refractivity contribution in [3.05, 3.63) is 0 Å². The maximum atomic E-state index is 14.5. The van der Waals surface area contributed by atoms with Crippen LogP contribution in [0.3, 0.4) is 0 Å². The summed E-state index contributed by atoms with van der Waals surface area (Å²) >= 11 is 0. The van der Waals surface area contributed by atoms with E-state index in [1.165, 1.54) is 0 Å². The Morgan fingerprint density at radius 2 is 1.60 bits per heavy atom. The first kappa shape index (κ1) is 33.2. The summed E-state index contributed by atoms with van der Waals surface area (Å²) in [5.41, 5.74) is 4.42. The van der Waals surface area contributed by atoms with E-state index >= 15 is 0 Å². The molecule has 11 heteroatoms. The molecule has 0 aromatic heterocycles. The van der Waals surface area contributed by atoms with Gasteiger partial charge in [-0.15, -0.1) is 0 Å². The lowest BCUT2D eigenvalue weighted by molar-refractivity contribution is -0.145. The Hall–Kier alpha value is -2.69. The van der Waals surface area contributed by atoms with E-state index in [0.717, 1.165) is 44.9 Å². The highest BCUT2D eigenvalue weighted by Crippen LogP contribution is 2.65. The molecule has 6 atom stereocenters. The van der Waals surface area contributed by atoms with E-state index in [9.17, 15) is 24.0 Å². The number of methoxy groups -OCH3 is 1. The summed E-state index contributed by atoms with van der Waals surface area (Å²) in [6, 6.07) is -3.35. The van der Waals surface area contributed by atoms with Crippen LogP contribution in [0, 0.1) is 34.0 Å². The van der Waals surface area contributed by atoms with Gasteiger partial charge in [-0.25, -0.2) is 4.79 Å². The van der Waals surface area contributed by atoms with Gasteiger partial charge in [-0.05, 0) is 53.3 Å². The third kappa shape index (κ3) is 7.18. The van der Waals surface area contributed by atoms with Gasteiger partial charge in [-0.1, -0.05) is 73.6 Å². The molecule has 3 aliphatic carbocycles. The number of nitrogens with zero attached hydrogens (tertiary/aromatic N) is 1. The van der Waals surface area contributed by atoms with Crippen LogP contribution in [0.2, 0.25) is 0 Å². The van der Waals surface area contributed by atoms with Gasteiger partial charge in [0.2, 0.25) is 17.6 Å². The number of ether oxygens (including phenoxy) is 1. The zero-order valence-electron chi connectivity index (χ0n) is 27.1. The molecular weight excluding hydrogens is 550 g/mol. The molecule has 1 saturated heterocycles. The molecule has 1 aliphatic heterocycles. The van der Waals surface area contributed by atoms with Crippen molar-refractivity contribution >= 4 is 29.5 Å². The van der Waals surface area contributed by atoms with Crippen LogP contribution in [0.25, 0.3) is 0 Å². The Labute approximate surface area is 256 Å². The first-order valence-electron chi connectivity index (χ1n) is 16.0. The Kier molecular flexibility index (Phi) is 9.55. The van der Waals surface area contributed by atoms with Crippen molar-refractivity contribution in [3.63, 3.8) is 0 Å². The minimum atomic E-state index is -1.07. The number of nitrogens with one attached hydrogen (secondary N) is 3. The van der Waals surface area contributed by atoms with Gasteiger partial charge in [0.25, 0.3) is 5.91 Å². The predicted molar refractivity (Wildman–Crippen MR) is 162 cm³/mol. The number of ketones is 1. The number of urea groups is 1. The molecule has 1 unspecified atom stereocenters. The monoisotopic (exact) mass is 603 g/mol. The topological polar surface area (TPSA) is 160 Å². The minimum absolute atomic E-state index is 0.0812. The number of likely N-dealkylation sites (tertiary alicyclic amines) is 1. The Bertz CT molecular complexity index is 1110. The van der Waals surface area contributed by atoms with E-state index < -0.39 is 47.2 Å². The standard InChI is InChI=1S/C32H53N5O6/c1-30(2,3)21(17-43-7)35-29(42)36-25(32(6)13-9-8-10-14-32)28(41)37-16-19-22(31(19,4)5)23(37)27(40)34-20(15-18-11-12-18)24(38)26(33)39/h18-23,25H,8-17H2,1-7H3,(H2,33,39)(H,34,40)(H2,35,36,42)/t19-,20?,21+,22-,23-,25+/m0/s1. The maximum Gasteiger partial charge on any atom is 0.315 e. The summed E-state index contributed by atoms with van der Waals surface area (Å²) in [6.07, 6.45) is 6.80. The molecule has 5 amide bonds. The van der Waals surface area contributed by atoms with Crippen molar-refractivity contribution in [3.8, 4) is 0 Å². The van der Waals surface area contributed by atoms with Crippen LogP contribution in [-0.4, -0.2) is 78.9 Å². The van der Waals surface area contributed by atoms with E-state index in [1.54, 1.807) is 12.0 Å². The van der Waals surface area contributed by atoms with Crippen molar-refractivity contribution in [2.75, 3.05) is 20.3 Å². The summed E-state index contributed by atoms with van der Waals surface area (Å²) in [4.78, 5) is 68.0. The molecule has 3 saturated carbocycles. The van der Waals surface area contributed by atoms with Crippen molar-refractivity contribution in [2.45, 2.75) is 117 Å². The zero-order valence-corrected chi connectivity index (χ0v) is 27.1. The molecule has 0 bridgehead atoms. The summed E-state index contributed by atoms with van der Waals surface area (Å²) < 4.78 is 5.35. The maximum absolute atomic E-state index is 14.5. The number of rotatable bonds is 12. The second kappa shape index (κ2) is 12.4. The number of carbonyl (C=O) groups is 5. The molecule has 0 aromatic rings. The molecule has 242 valence electrons. The first-order chi connectivity index (χ1) is 20.0. The molecule has 0 spiro atoms. The fraction of sp³-hybridized carbons (Fsp3) is 0.844. The molecule has 5 N–H and O–H groups in total. The number of fused-ring (bicyclic) bond motifs is 1. The largest absolute Gasteiger partial charge is 0.383 e. The van der Waals surface area contributed by atoms with Crippen molar-refractivity contribution in [1.29, 1.82) is 0 Å². The van der Waals surface area contributed by atoms with Gasteiger partial charge in [0.1, 0.15) is 12.1 Å². The highest BCUT2D eigenvalue weighted by atomic mass is 16.5. The van der Waals surface area contributed by atoms with E-state index in [4.69, 9.17) is 10.5 Å². The summed E-state index contributed by atoms with van der Waals surface area (Å²) in [6.45, 7) is 13.0. The van der Waals surface area contributed by atoms with Gasteiger partial charge in [0.15, 0.2) is 0 Å². The predicted octanol–water partition coefficient (Wildman–Crippen LogP) is 2.51. The highest BCUT2D eigenvalue weighted by molar-refractivity contribution is 6.37. The fourth-order valence-electron chi connectivity index (χ4n) is 7.51. The molecule has 4 rings (SSSR count). The number of hydrogen-bond donors (Lipinski definition) is 4. The van der Waals surface area contributed by atoms with Crippen molar-refractivity contribution in [2.24, 2.45) is 39.7 Å². The first-order valence-corrected chi connectivity index (χ1v) is 16.0. The number of hydrogen-bond acceptors (Lipinski definition) is 6. The van der Waals surface area contributed by atoms with Crippen LogP contribution < -0.4 is 21.7 Å². The molecule has 0 aromatic carbocycles. The SMILES string of the molecule is COC[C@@H](NC(=O)N[C@H](C(=O)N1C[C@H]2[C@@H]([C@H]1C(=O)NC(CC1CC1)C(=O)C(N)=O)C2(C)C)C1(C)CCCCC1)C(C)(C)C. The van der Waals surface area contributed by atoms with Gasteiger partial charge in [0, 0.05) is 13.7 Å². The third-order valence-corrected chi connectivity index (χ3v) is 10.8. The number of carbonyl (C=O) groups excluding carboxylic acids is 5. The van der Waals surface area contributed by atoms with Crippen LogP contribution in [0.5, 0.6) is 0 Å². The van der Waals surface area contributed by atoms with Crippen molar-refractivity contribution in [1.82, 2.24) is 20.9 Å². The number of piperidine rings is 1. The number of nitrogens with two attached hydrogens (primary N) is 1. The van der Waals surface area contributed by atoms with Gasteiger partial charge < -0.3 is 31.3 Å². The minimum Gasteiger partial charge on any atom is -0.383 e. The summed E-state index contributed by atoms with van der Waals surface area (Å²) in [5.74, 6) is -2.27. The van der Waals surface area contributed by atoms with Crippen LogP contribution >= 0.6 is 0 Å². The Morgan fingerprint density at radius 1 is 0.977 bits per heavy atom. The van der Waals surface area contributed by atoms with Gasteiger partial charge in [-0.3, -0.25) is 19.2 Å². The molecular formula is C32H53N5O6. The smallest absolute Gasteiger partial charge is 0.315 e. The number of amides is 5. The lowest BCUT2D eigenvalue weighted by Gasteiger charge is -2.43. The highest BCUT2D eigenvalue weighted by Gasteiger charge is 2.70. The second-order valence-corrected chi connectivity index (χ2v) is 15.5. The Morgan fingerprint density at radius 3 is 2.14 bits per heavy atom. The van der Waals surface area contributed by atoms with Gasteiger partial charge in [-0.2, -0.15) is 0 Å². The van der Waals surface area contributed by atoms with Crippen LogP contribution in [0.15, 0.2) is 0 Å². The fourth-order valence-corrected chi connectivity index (χ4v) is 7.51. The normalized spacial score (nSPS) is 27.7. The van der Waals surface area contributed by atoms with Crippen LogP contribution in [0.1, 0.15) is 92.9 Å². The molecule has 4 aliphatic rings. The number of primary amides is 1. The average Bonchev–Trinajstić information content (AvgIpc) is 3.77. The van der Waals surface area contributed by atoms with Crippen LogP contribution in [0.4, 0.5) is 4.79 Å². The molecule has 0 radical (unpaired) electrons. The third-order valence-electron chi connectivity index (χ3n) is 10.8. The van der Waals surface area contributed by atoms with E-state index in [-0.39, 0.29) is 40.5 Å². The lowest BCUT2D eigenvalue weighted by Crippen LogP contribution is -2.63. The molecule has 1 heterocycles. The van der Waals surface area contributed by atoms with E-state index in [0.29, 0.717) is 19.6 Å². The molecule has 4 fully saturated rings. The average molecular weight is 604 g/mol. The second-order valence-electron chi connectivity index (χ2n) is 15.5. The van der Waals surface area contributed by atoms with E-state index in [1.807, 2.05) is 20.8 Å². The van der Waals surface area contributed by atoms with Crippen molar-refractivity contribution < 1.29 is 28.7 Å². The van der Waals surface area contributed by atoms with Gasteiger partial charge in [0.05, 0.1) is 18.7 Å². The summed E-state index contributed by atoms with van der Waals surface area (Å²) in [5, 5.41) is 8.88.